The highest BCUT2D eigenvalue weighted by atomic mass is 19.1. The molecule has 8 heteroatoms. The lowest BCUT2D eigenvalue weighted by molar-refractivity contribution is 0.0600. The summed E-state index contributed by atoms with van der Waals surface area (Å²) in [4.78, 5) is 25.0. The molecular formula is C28H21FN2O5. The molecule has 0 bridgehead atoms. The van der Waals surface area contributed by atoms with E-state index in [2.05, 4.69) is 5.10 Å². The maximum absolute atomic E-state index is 14.7. The Hall–Kier alpha value is -4.72. The van der Waals surface area contributed by atoms with E-state index in [1.54, 1.807) is 42.1 Å². The van der Waals surface area contributed by atoms with Crippen molar-refractivity contribution in [1.29, 1.82) is 0 Å². The van der Waals surface area contributed by atoms with Crippen LogP contribution in [0.4, 0.5) is 4.39 Å². The zero-order chi connectivity index (χ0) is 25.2. The molecule has 0 N–H and O–H groups in total. The SMILES string of the molecule is CCOc1ccc(-c2nn(-c3ccccc3)cc2C=C2Oc3ccc(C(=O)OC)cc3C2=O)cc1F. The number of rotatable bonds is 6. The van der Waals surface area contributed by atoms with Crippen LogP contribution < -0.4 is 9.47 Å². The number of Topliss-reactive ketones (excluding diaryl/α,β-unsaturated/α-hetero) is 1. The lowest BCUT2D eigenvalue weighted by atomic mass is 10.0. The van der Waals surface area contributed by atoms with Crippen molar-refractivity contribution in [2.75, 3.05) is 13.7 Å². The number of carbonyl (C=O) groups is 2. The molecule has 36 heavy (non-hydrogen) atoms. The smallest absolute Gasteiger partial charge is 0.337 e. The second kappa shape index (κ2) is 9.50. The number of fused-ring (bicyclic) bond motifs is 1. The summed E-state index contributed by atoms with van der Waals surface area (Å²) in [6, 6.07) is 18.6. The minimum atomic E-state index is -0.549. The summed E-state index contributed by atoms with van der Waals surface area (Å²) in [5, 5.41) is 4.67. The molecule has 2 heterocycles. The third-order valence-corrected chi connectivity index (χ3v) is 5.64. The van der Waals surface area contributed by atoms with E-state index in [1.165, 1.54) is 25.3 Å². The Morgan fingerprint density at radius 3 is 2.64 bits per heavy atom. The van der Waals surface area contributed by atoms with Gasteiger partial charge in [0, 0.05) is 17.3 Å². The number of benzene rings is 3. The number of esters is 1. The minimum absolute atomic E-state index is 0.0623. The number of methoxy groups -OCH3 is 1. The molecule has 0 fully saturated rings. The van der Waals surface area contributed by atoms with Crippen LogP contribution in [0.25, 0.3) is 23.0 Å². The third-order valence-electron chi connectivity index (χ3n) is 5.64. The van der Waals surface area contributed by atoms with Gasteiger partial charge in [-0.15, -0.1) is 0 Å². The first-order valence-electron chi connectivity index (χ1n) is 11.2. The monoisotopic (exact) mass is 484 g/mol. The summed E-state index contributed by atoms with van der Waals surface area (Å²) in [5.74, 6) is -0.901. The van der Waals surface area contributed by atoms with Crippen LogP contribution in [0.5, 0.6) is 11.5 Å². The molecule has 0 unspecified atom stereocenters. The van der Waals surface area contributed by atoms with E-state index in [1.807, 2.05) is 30.3 Å². The topological polar surface area (TPSA) is 79.7 Å². The summed E-state index contributed by atoms with van der Waals surface area (Å²) >= 11 is 0. The van der Waals surface area contributed by atoms with Crippen LogP contribution in [0.1, 0.15) is 33.2 Å². The summed E-state index contributed by atoms with van der Waals surface area (Å²) in [5.41, 5.74) is 2.81. The Bertz CT molecular complexity index is 1510. The van der Waals surface area contributed by atoms with Gasteiger partial charge in [0.2, 0.25) is 5.78 Å². The Labute approximate surface area is 206 Å². The molecule has 1 aliphatic rings. The number of ether oxygens (including phenoxy) is 3. The summed E-state index contributed by atoms with van der Waals surface area (Å²) in [6.07, 6.45) is 3.31. The van der Waals surface area contributed by atoms with Crippen LogP contribution >= 0.6 is 0 Å². The first kappa shape index (κ1) is 23.0. The minimum Gasteiger partial charge on any atom is -0.491 e. The van der Waals surface area contributed by atoms with Crippen molar-refractivity contribution in [1.82, 2.24) is 9.78 Å². The van der Waals surface area contributed by atoms with E-state index in [0.717, 1.165) is 5.69 Å². The van der Waals surface area contributed by atoms with Crippen molar-refractivity contribution >= 4 is 17.8 Å². The molecule has 0 spiro atoms. The maximum Gasteiger partial charge on any atom is 0.337 e. The lowest BCUT2D eigenvalue weighted by Gasteiger charge is -2.06. The fourth-order valence-corrected chi connectivity index (χ4v) is 3.93. The highest BCUT2D eigenvalue weighted by Gasteiger charge is 2.29. The second-order valence-corrected chi connectivity index (χ2v) is 7.93. The van der Waals surface area contributed by atoms with Gasteiger partial charge in [0.1, 0.15) is 11.4 Å². The van der Waals surface area contributed by atoms with Gasteiger partial charge in [-0.25, -0.2) is 13.9 Å². The molecule has 0 saturated heterocycles. The summed E-state index contributed by atoms with van der Waals surface area (Å²) < 4.78 is 32.2. The molecule has 4 aromatic rings. The van der Waals surface area contributed by atoms with Gasteiger partial charge >= 0.3 is 5.97 Å². The fourth-order valence-electron chi connectivity index (χ4n) is 3.93. The van der Waals surface area contributed by atoms with Crippen LogP contribution in [0.15, 0.2) is 78.7 Å². The average molecular weight is 484 g/mol. The van der Waals surface area contributed by atoms with Gasteiger partial charge in [-0.1, -0.05) is 18.2 Å². The second-order valence-electron chi connectivity index (χ2n) is 7.93. The van der Waals surface area contributed by atoms with E-state index in [4.69, 9.17) is 14.2 Å². The molecule has 5 rings (SSSR count). The summed E-state index contributed by atoms with van der Waals surface area (Å²) in [7, 11) is 1.27. The van der Waals surface area contributed by atoms with E-state index in [0.29, 0.717) is 29.2 Å². The number of carbonyl (C=O) groups excluding carboxylic acids is 2. The Morgan fingerprint density at radius 2 is 1.92 bits per heavy atom. The Kier molecular flexibility index (Phi) is 6.08. The molecular weight excluding hydrogens is 463 g/mol. The van der Waals surface area contributed by atoms with Gasteiger partial charge in [0.25, 0.3) is 0 Å². The van der Waals surface area contributed by atoms with Crippen molar-refractivity contribution in [3.63, 3.8) is 0 Å². The average Bonchev–Trinajstić information content (AvgIpc) is 3.46. The largest absolute Gasteiger partial charge is 0.491 e. The van der Waals surface area contributed by atoms with Gasteiger partial charge in [0.05, 0.1) is 30.5 Å². The van der Waals surface area contributed by atoms with Gasteiger partial charge in [-0.3, -0.25) is 4.79 Å². The number of halogens is 1. The van der Waals surface area contributed by atoms with E-state index >= 15 is 0 Å². The lowest BCUT2D eigenvalue weighted by Crippen LogP contribution is -2.03. The normalized spacial score (nSPS) is 13.4. The number of nitrogens with zero attached hydrogens (tertiary/aromatic N) is 2. The highest BCUT2D eigenvalue weighted by Crippen LogP contribution is 2.35. The van der Waals surface area contributed by atoms with Crippen molar-refractivity contribution < 1.29 is 28.2 Å². The van der Waals surface area contributed by atoms with Crippen molar-refractivity contribution in [3.05, 3.63) is 101 Å². The van der Waals surface area contributed by atoms with Crippen LogP contribution in [0, 0.1) is 5.82 Å². The number of hydrogen-bond donors (Lipinski definition) is 0. The Morgan fingerprint density at radius 1 is 1.11 bits per heavy atom. The molecule has 0 radical (unpaired) electrons. The zero-order valence-corrected chi connectivity index (χ0v) is 19.5. The van der Waals surface area contributed by atoms with Crippen molar-refractivity contribution in [2.24, 2.45) is 0 Å². The van der Waals surface area contributed by atoms with Gasteiger partial charge in [-0.05, 0) is 61.5 Å². The first-order valence-corrected chi connectivity index (χ1v) is 11.2. The fraction of sp³-hybridized carbons (Fsp3) is 0.107. The molecule has 7 nitrogen and oxygen atoms in total. The molecule has 0 saturated carbocycles. The van der Waals surface area contributed by atoms with E-state index in [9.17, 15) is 14.0 Å². The highest BCUT2D eigenvalue weighted by molar-refractivity contribution is 6.15. The van der Waals surface area contributed by atoms with Crippen molar-refractivity contribution in [2.45, 2.75) is 6.92 Å². The van der Waals surface area contributed by atoms with Crippen LogP contribution in [-0.4, -0.2) is 35.2 Å². The predicted molar refractivity (Wildman–Crippen MR) is 131 cm³/mol. The van der Waals surface area contributed by atoms with Gasteiger partial charge in [-0.2, -0.15) is 5.10 Å². The van der Waals surface area contributed by atoms with Crippen LogP contribution in [0.2, 0.25) is 0 Å². The number of hydrogen-bond acceptors (Lipinski definition) is 6. The van der Waals surface area contributed by atoms with Gasteiger partial charge in [0.15, 0.2) is 17.3 Å². The third kappa shape index (κ3) is 4.24. The summed E-state index contributed by atoms with van der Waals surface area (Å²) in [6.45, 7) is 2.12. The maximum atomic E-state index is 14.7. The number of para-hydroxylation sites is 1. The molecule has 3 aromatic carbocycles. The number of allylic oxidation sites excluding steroid dienone is 1. The molecule has 0 amide bonds. The zero-order valence-electron chi connectivity index (χ0n) is 19.5. The van der Waals surface area contributed by atoms with E-state index < -0.39 is 11.8 Å². The molecule has 0 atom stereocenters. The molecule has 1 aliphatic heterocycles. The van der Waals surface area contributed by atoms with Crippen LogP contribution in [-0.2, 0) is 4.74 Å². The number of ketones is 1. The predicted octanol–water partition coefficient (Wildman–Crippen LogP) is 5.48. The van der Waals surface area contributed by atoms with Crippen LogP contribution in [0.3, 0.4) is 0 Å². The Balaban J connectivity index is 1.58. The molecule has 1 aromatic heterocycles. The van der Waals surface area contributed by atoms with Crippen molar-refractivity contribution in [3.8, 4) is 28.4 Å². The van der Waals surface area contributed by atoms with E-state index in [-0.39, 0.29) is 28.4 Å². The first-order chi connectivity index (χ1) is 17.5. The molecule has 0 aliphatic carbocycles. The quantitative estimate of drug-likeness (QED) is 0.266. The number of aromatic nitrogens is 2. The standard InChI is InChI=1S/C28H21FN2O5/c1-3-35-24-12-9-17(14-22(24)29)26-19(16-31(30-26)20-7-5-4-6-8-20)15-25-27(32)21-13-18(28(33)34-2)10-11-23(21)36-25/h4-16H,3H2,1-2H3. The van der Waals surface area contributed by atoms with Gasteiger partial charge < -0.3 is 14.2 Å². The molecule has 180 valence electrons.